The zero-order valence-corrected chi connectivity index (χ0v) is 13.2. The molecule has 2 aliphatic heterocycles. The van der Waals surface area contributed by atoms with Crippen LogP contribution in [0.25, 0.3) is 0 Å². The monoisotopic (exact) mass is 304 g/mol. The van der Waals surface area contributed by atoms with Crippen molar-refractivity contribution < 1.29 is 9.53 Å². The van der Waals surface area contributed by atoms with E-state index in [0.717, 1.165) is 64.2 Å². The van der Waals surface area contributed by atoms with Gasteiger partial charge in [-0.3, -0.25) is 4.79 Å². The number of nitrogens with zero attached hydrogens (tertiary/aromatic N) is 4. The Labute approximate surface area is 131 Å². The first kappa shape index (κ1) is 15.1. The number of anilines is 1. The van der Waals surface area contributed by atoms with Crippen LogP contribution in [0.5, 0.6) is 5.75 Å². The Kier molecular flexibility index (Phi) is 4.75. The van der Waals surface area contributed by atoms with Gasteiger partial charge in [0.2, 0.25) is 11.9 Å². The van der Waals surface area contributed by atoms with Crippen molar-refractivity contribution in [1.29, 1.82) is 0 Å². The number of carbonyl (C=O) groups excluding carboxylic acids is 1. The van der Waals surface area contributed by atoms with Gasteiger partial charge in [-0.05, 0) is 31.6 Å². The number of piperidine rings is 1. The van der Waals surface area contributed by atoms with Crippen LogP contribution in [-0.2, 0) is 4.79 Å². The number of rotatable bonds is 5. The molecule has 1 aromatic heterocycles. The van der Waals surface area contributed by atoms with Crippen molar-refractivity contribution in [3.05, 3.63) is 12.4 Å². The van der Waals surface area contributed by atoms with E-state index in [0.29, 0.717) is 17.6 Å². The summed E-state index contributed by atoms with van der Waals surface area (Å²) in [6.45, 7) is 3.87. The Bertz CT molecular complexity index is 497. The van der Waals surface area contributed by atoms with Crippen molar-refractivity contribution in [2.24, 2.45) is 5.92 Å². The van der Waals surface area contributed by atoms with Gasteiger partial charge in [0.05, 0.1) is 19.5 Å². The van der Waals surface area contributed by atoms with Crippen LogP contribution in [0.3, 0.4) is 0 Å². The molecule has 0 unspecified atom stereocenters. The van der Waals surface area contributed by atoms with Gasteiger partial charge < -0.3 is 14.5 Å². The van der Waals surface area contributed by atoms with Crippen LogP contribution >= 0.6 is 0 Å². The van der Waals surface area contributed by atoms with E-state index in [-0.39, 0.29) is 0 Å². The molecule has 22 heavy (non-hydrogen) atoms. The summed E-state index contributed by atoms with van der Waals surface area (Å²) in [6, 6.07) is 0. The number of hydrogen-bond acceptors (Lipinski definition) is 5. The fourth-order valence-corrected chi connectivity index (χ4v) is 3.28. The second-order valence-corrected chi connectivity index (χ2v) is 6.13. The lowest BCUT2D eigenvalue weighted by atomic mass is 9.93. The van der Waals surface area contributed by atoms with Gasteiger partial charge in [0.15, 0.2) is 5.75 Å². The molecule has 0 spiro atoms. The van der Waals surface area contributed by atoms with Gasteiger partial charge in [0.1, 0.15) is 0 Å². The molecule has 2 fully saturated rings. The van der Waals surface area contributed by atoms with Gasteiger partial charge >= 0.3 is 0 Å². The molecular formula is C16H24N4O2. The van der Waals surface area contributed by atoms with Crippen molar-refractivity contribution in [2.45, 2.75) is 32.1 Å². The molecule has 0 aromatic carbocycles. The molecule has 0 atom stereocenters. The minimum absolute atomic E-state index is 0.337. The predicted molar refractivity (Wildman–Crippen MR) is 84.0 cm³/mol. The van der Waals surface area contributed by atoms with E-state index in [1.54, 1.807) is 19.5 Å². The molecule has 0 saturated carbocycles. The third kappa shape index (κ3) is 3.48. The minimum atomic E-state index is 0.337. The average Bonchev–Trinajstić information content (AvgIpc) is 2.99. The maximum absolute atomic E-state index is 11.6. The Morgan fingerprint density at radius 1 is 1.23 bits per heavy atom. The fourth-order valence-electron chi connectivity index (χ4n) is 3.28. The van der Waals surface area contributed by atoms with Crippen LogP contribution in [0, 0.1) is 5.92 Å². The summed E-state index contributed by atoms with van der Waals surface area (Å²) in [5, 5.41) is 0. The second kappa shape index (κ2) is 6.94. The lowest BCUT2D eigenvalue weighted by molar-refractivity contribution is -0.127. The third-order valence-corrected chi connectivity index (χ3v) is 4.73. The summed E-state index contributed by atoms with van der Waals surface area (Å²) in [4.78, 5) is 24.6. The molecule has 0 N–H and O–H groups in total. The van der Waals surface area contributed by atoms with Crippen LogP contribution < -0.4 is 9.64 Å². The zero-order chi connectivity index (χ0) is 15.4. The van der Waals surface area contributed by atoms with Crippen LogP contribution in [0.15, 0.2) is 12.4 Å². The Morgan fingerprint density at radius 2 is 1.95 bits per heavy atom. The van der Waals surface area contributed by atoms with Crippen molar-refractivity contribution in [1.82, 2.24) is 14.9 Å². The van der Waals surface area contributed by atoms with Gasteiger partial charge in [-0.25, -0.2) is 9.97 Å². The standard InChI is InChI=1S/C16H24N4O2/c1-22-14-11-17-16(18-12-14)20-9-5-13(6-10-20)4-8-19-7-2-3-15(19)21/h11-13H,2-10H2,1H3. The van der Waals surface area contributed by atoms with Crippen molar-refractivity contribution in [3.8, 4) is 5.75 Å². The van der Waals surface area contributed by atoms with Crippen molar-refractivity contribution in [2.75, 3.05) is 38.2 Å². The molecule has 1 amide bonds. The second-order valence-electron chi connectivity index (χ2n) is 6.13. The normalized spacial score (nSPS) is 19.8. The summed E-state index contributed by atoms with van der Waals surface area (Å²) in [5.74, 6) is 2.52. The summed E-state index contributed by atoms with van der Waals surface area (Å²) < 4.78 is 5.09. The van der Waals surface area contributed by atoms with Crippen LogP contribution in [0.4, 0.5) is 5.95 Å². The third-order valence-electron chi connectivity index (χ3n) is 4.73. The lowest BCUT2D eigenvalue weighted by Crippen LogP contribution is -2.36. The van der Waals surface area contributed by atoms with E-state index in [4.69, 9.17) is 4.74 Å². The Hall–Kier alpha value is -1.85. The molecule has 2 saturated heterocycles. The number of amides is 1. The van der Waals surface area contributed by atoms with Gasteiger partial charge in [0.25, 0.3) is 0 Å². The highest BCUT2D eigenvalue weighted by Gasteiger charge is 2.24. The van der Waals surface area contributed by atoms with Crippen molar-refractivity contribution >= 4 is 11.9 Å². The van der Waals surface area contributed by atoms with Gasteiger partial charge in [-0.1, -0.05) is 0 Å². The molecule has 3 heterocycles. The fraction of sp³-hybridized carbons (Fsp3) is 0.688. The first-order valence-electron chi connectivity index (χ1n) is 8.15. The smallest absolute Gasteiger partial charge is 0.225 e. The van der Waals surface area contributed by atoms with E-state index in [2.05, 4.69) is 14.9 Å². The maximum atomic E-state index is 11.6. The Morgan fingerprint density at radius 3 is 2.55 bits per heavy atom. The number of carbonyl (C=O) groups is 1. The highest BCUT2D eigenvalue weighted by atomic mass is 16.5. The molecule has 1 aromatic rings. The lowest BCUT2D eigenvalue weighted by Gasteiger charge is -2.32. The first-order chi connectivity index (χ1) is 10.8. The van der Waals surface area contributed by atoms with Crippen LogP contribution in [0.2, 0.25) is 0 Å². The number of hydrogen-bond donors (Lipinski definition) is 0. The van der Waals surface area contributed by atoms with Crippen LogP contribution in [0.1, 0.15) is 32.1 Å². The number of methoxy groups -OCH3 is 1. The molecular weight excluding hydrogens is 280 g/mol. The number of likely N-dealkylation sites (tertiary alicyclic amines) is 1. The van der Waals surface area contributed by atoms with E-state index in [1.165, 1.54) is 0 Å². The molecule has 0 bridgehead atoms. The number of ether oxygens (including phenoxy) is 1. The summed E-state index contributed by atoms with van der Waals surface area (Å²) in [6.07, 6.45) is 8.64. The first-order valence-corrected chi connectivity index (χ1v) is 8.15. The Balaban J connectivity index is 1.44. The predicted octanol–water partition coefficient (Wildman–Crippen LogP) is 1.71. The molecule has 3 rings (SSSR count). The summed E-state index contributed by atoms with van der Waals surface area (Å²) in [5.41, 5.74) is 0. The van der Waals surface area contributed by atoms with E-state index < -0.39 is 0 Å². The molecule has 6 nitrogen and oxygen atoms in total. The molecule has 6 heteroatoms. The van der Waals surface area contributed by atoms with Gasteiger partial charge in [-0.15, -0.1) is 0 Å². The topological polar surface area (TPSA) is 58.6 Å². The van der Waals surface area contributed by atoms with E-state index >= 15 is 0 Å². The minimum Gasteiger partial charge on any atom is -0.494 e. The highest BCUT2D eigenvalue weighted by Crippen LogP contribution is 2.24. The summed E-state index contributed by atoms with van der Waals surface area (Å²) in [7, 11) is 1.62. The number of aromatic nitrogens is 2. The molecule has 120 valence electrons. The van der Waals surface area contributed by atoms with Gasteiger partial charge in [-0.2, -0.15) is 0 Å². The SMILES string of the molecule is COc1cnc(N2CCC(CCN3CCCC3=O)CC2)nc1. The van der Waals surface area contributed by atoms with E-state index in [9.17, 15) is 4.79 Å². The molecule has 0 aliphatic carbocycles. The maximum Gasteiger partial charge on any atom is 0.225 e. The van der Waals surface area contributed by atoms with E-state index in [1.807, 2.05) is 4.90 Å². The highest BCUT2D eigenvalue weighted by molar-refractivity contribution is 5.77. The average molecular weight is 304 g/mol. The summed E-state index contributed by atoms with van der Waals surface area (Å²) >= 11 is 0. The van der Waals surface area contributed by atoms with Crippen LogP contribution in [-0.4, -0.2) is 54.1 Å². The quantitative estimate of drug-likeness (QED) is 0.829. The molecule has 2 aliphatic rings. The van der Waals surface area contributed by atoms with Crippen molar-refractivity contribution in [3.63, 3.8) is 0 Å². The zero-order valence-electron chi connectivity index (χ0n) is 13.2. The van der Waals surface area contributed by atoms with Gasteiger partial charge in [0, 0.05) is 32.6 Å². The molecule has 0 radical (unpaired) electrons. The largest absolute Gasteiger partial charge is 0.494 e.